The van der Waals surface area contributed by atoms with Gasteiger partial charge in [-0.1, -0.05) is 18.2 Å². The molecule has 0 fully saturated rings. The van der Waals surface area contributed by atoms with Gasteiger partial charge in [0.05, 0.1) is 25.0 Å². The quantitative estimate of drug-likeness (QED) is 0.895. The van der Waals surface area contributed by atoms with E-state index in [9.17, 15) is 4.39 Å². The SMILES string of the molecule is CCCn1nncc1C(N)c1ccc(F)c(OC)c1. The van der Waals surface area contributed by atoms with Crippen LogP contribution in [-0.4, -0.2) is 22.1 Å². The topological polar surface area (TPSA) is 66.0 Å². The number of benzene rings is 1. The van der Waals surface area contributed by atoms with Crippen LogP contribution in [0.2, 0.25) is 0 Å². The van der Waals surface area contributed by atoms with Crippen molar-refractivity contribution in [2.45, 2.75) is 25.9 Å². The van der Waals surface area contributed by atoms with Gasteiger partial charge in [-0.25, -0.2) is 9.07 Å². The van der Waals surface area contributed by atoms with E-state index in [-0.39, 0.29) is 5.75 Å². The van der Waals surface area contributed by atoms with Gasteiger partial charge in [0, 0.05) is 6.54 Å². The summed E-state index contributed by atoms with van der Waals surface area (Å²) in [6, 6.07) is 4.19. The number of aromatic nitrogens is 3. The van der Waals surface area contributed by atoms with E-state index in [0.29, 0.717) is 0 Å². The zero-order valence-corrected chi connectivity index (χ0v) is 11.0. The fourth-order valence-electron chi connectivity index (χ4n) is 1.93. The van der Waals surface area contributed by atoms with Gasteiger partial charge < -0.3 is 10.5 Å². The van der Waals surface area contributed by atoms with Crippen molar-refractivity contribution in [3.05, 3.63) is 41.5 Å². The number of rotatable bonds is 5. The Morgan fingerprint density at radius 2 is 2.26 bits per heavy atom. The number of nitrogens with two attached hydrogens (primary N) is 1. The zero-order valence-electron chi connectivity index (χ0n) is 11.0. The number of hydrogen-bond donors (Lipinski definition) is 1. The van der Waals surface area contributed by atoms with Gasteiger partial charge in [0.1, 0.15) is 0 Å². The Balaban J connectivity index is 2.32. The van der Waals surface area contributed by atoms with Crippen molar-refractivity contribution in [1.82, 2.24) is 15.0 Å². The molecule has 0 radical (unpaired) electrons. The summed E-state index contributed by atoms with van der Waals surface area (Å²) < 4.78 is 20.1. The molecule has 0 aliphatic heterocycles. The molecule has 0 spiro atoms. The summed E-state index contributed by atoms with van der Waals surface area (Å²) in [5.74, 6) is -0.221. The van der Waals surface area contributed by atoms with E-state index in [1.54, 1.807) is 23.0 Å². The van der Waals surface area contributed by atoms with E-state index in [4.69, 9.17) is 10.5 Å². The molecule has 0 aliphatic rings. The minimum absolute atomic E-state index is 0.183. The number of methoxy groups -OCH3 is 1. The van der Waals surface area contributed by atoms with Gasteiger partial charge in [0.25, 0.3) is 0 Å². The molecule has 1 atom stereocenters. The minimum atomic E-state index is -0.406. The predicted molar refractivity (Wildman–Crippen MR) is 69.3 cm³/mol. The average molecular weight is 264 g/mol. The van der Waals surface area contributed by atoms with Crippen molar-refractivity contribution in [2.24, 2.45) is 5.73 Å². The van der Waals surface area contributed by atoms with E-state index >= 15 is 0 Å². The number of hydrogen-bond acceptors (Lipinski definition) is 4. The lowest BCUT2D eigenvalue weighted by Gasteiger charge is -2.14. The lowest BCUT2D eigenvalue weighted by atomic mass is 10.0. The molecule has 102 valence electrons. The minimum Gasteiger partial charge on any atom is -0.494 e. The molecule has 0 amide bonds. The fourth-order valence-corrected chi connectivity index (χ4v) is 1.93. The highest BCUT2D eigenvalue weighted by atomic mass is 19.1. The first-order valence-corrected chi connectivity index (χ1v) is 6.14. The van der Waals surface area contributed by atoms with Crippen LogP contribution in [-0.2, 0) is 6.54 Å². The Bertz CT molecular complexity index is 555. The molecule has 1 unspecified atom stereocenters. The monoisotopic (exact) mass is 264 g/mol. The van der Waals surface area contributed by atoms with E-state index < -0.39 is 11.9 Å². The van der Waals surface area contributed by atoms with E-state index in [2.05, 4.69) is 17.2 Å². The summed E-state index contributed by atoms with van der Waals surface area (Å²) in [6.45, 7) is 2.80. The van der Waals surface area contributed by atoms with Crippen LogP contribution in [0.3, 0.4) is 0 Å². The third-order valence-electron chi connectivity index (χ3n) is 2.94. The van der Waals surface area contributed by atoms with Crippen molar-refractivity contribution in [3.8, 4) is 5.75 Å². The average Bonchev–Trinajstić information content (AvgIpc) is 2.87. The van der Waals surface area contributed by atoms with Crippen LogP contribution in [0.25, 0.3) is 0 Å². The molecule has 2 aromatic rings. The Hall–Kier alpha value is -1.95. The van der Waals surface area contributed by atoms with E-state index in [0.717, 1.165) is 24.2 Å². The highest BCUT2D eigenvalue weighted by Gasteiger charge is 2.16. The molecule has 1 heterocycles. The smallest absolute Gasteiger partial charge is 0.165 e. The Kier molecular flexibility index (Phi) is 4.11. The fraction of sp³-hybridized carbons (Fsp3) is 0.385. The first-order chi connectivity index (χ1) is 9.17. The maximum Gasteiger partial charge on any atom is 0.165 e. The first kappa shape index (κ1) is 13.5. The zero-order chi connectivity index (χ0) is 13.8. The van der Waals surface area contributed by atoms with Crippen LogP contribution >= 0.6 is 0 Å². The first-order valence-electron chi connectivity index (χ1n) is 6.14. The Morgan fingerprint density at radius 3 is 2.95 bits per heavy atom. The van der Waals surface area contributed by atoms with Gasteiger partial charge in [-0.05, 0) is 24.1 Å². The highest BCUT2D eigenvalue weighted by Crippen LogP contribution is 2.25. The Morgan fingerprint density at radius 1 is 1.47 bits per heavy atom. The second-order valence-electron chi connectivity index (χ2n) is 4.25. The molecule has 0 saturated carbocycles. The van der Waals surface area contributed by atoms with Gasteiger partial charge in [-0.3, -0.25) is 0 Å². The van der Waals surface area contributed by atoms with Crippen molar-refractivity contribution >= 4 is 0 Å². The van der Waals surface area contributed by atoms with Gasteiger partial charge in [0.15, 0.2) is 11.6 Å². The van der Waals surface area contributed by atoms with Gasteiger partial charge in [-0.15, -0.1) is 5.10 Å². The molecule has 1 aromatic carbocycles. The van der Waals surface area contributed by atoms with Crippen LogP contribution in [0, 0.1) is 5.82 Å². The summed E-state index contributed by atoms with van der Waals surface area (Å²) in [4.78, 5) is 0. The second kappa shape index (κ2) is 5.79. The van der Waals surface area contributed by atoms with Gasteiger partial charge >= 0.3 is 0 Å². The summed E-state index contributed by atoms with van der Waals surface area (Å²) >= 11 is 0. The van der Waals surface area contributed by atoms with Crippen molar-refractivity contribution < 1.29 is 9.13 Å². The molecule has 1 aromatic heterocycles. The summed E-state index contributed by atoms with van der Waals surface area (Å²) in [7, 11) is 1.43. The van der Waals surface area contributed by atoms with Crippen LogP contribution in [0.15, 0.2) is 24.4 Å². The van der Waals surface area contributed by atoms with E-state index in [1.165, 1.54) is 13.2 Å². The van der Waals surface area contributed by atoms with Crippen LogP contribution < -0.4 is 10.5 Å². The largest absolute Gasteiger partial charge is 0.494 e. The predicted octanol–water partition coefficient (Wildman–Crippen LogP) is 1.88. The number of ether oxygens (including phenoxy) is 1. The van der Waals surface area contributed by atoms with Crippen LogP contribution in [0.5, 0.6) is 5.75 Å². The summed E-state index contributed by atoms with van der Waals surface area (Å²) in [5.41, 5.74) is 7.75. The maximum atomic E-state index is 13.4. The lowest BCUT2D eigenvalue weighted by molar-refractivity contribution is 0.385. The van der Waals surface area contributed by atoms with Gasteiger partial charge in [0.2, 0.25) is 0 Å². The molecular weight excluding hydrogens is 247 g/mol. The summed E-state index contributed by atoms with van der Waals surface area (Å²) in [6.07, 6.45) is 2.58. The lowest BCUT2D eigenvalue weighted by Crippen LogP contribution is -2.17. The van der Waals surface area contributed by atoms with Crippen molar-refractivity contribution in [2.75, 3.05) is 7.11 Å². The maximum absolute atomic E-state index is 13.4. The molecule has 6 heteroatoms. The normalized spacial score (nSPS) is 12.4. The molecule has 0 saturated heterocycles. The molecule has 5 nitrogen and oxygen atoms in total. The van der Waals surface area contributed by atoms with Crippen LogP contribution in [0.1, 0.15) is 30.6 Å². The molecule has 2 rings (SSSR count). The molecule has 19 heavy (non-hydrogen) atoms. The number of aryl methyl sites for hydroxylation is 1. The van der Waals surface area contributed by atoms with Crippen molar-refractivity contribution in [3.63, 3.8) is 0 Å². The second-order valence-corrected chi connectivity index (χ2v) is 4.25. The molecular formula is C13H17FN4O. The van der Waals surface area contributed by atoms with E-state index in [1.807, 2.05) is 0 Å². The molecule has 0 aliphatic carbocycles. The third-order valence-corrected chi connectivity index (χ3v) is 2.94. The Labute approximate surface area is 111 Å². The highest BCUT2D eigenvalue weighted by molar-refractivity contribution is 5.35. The number of halogens is 1. The molecule has 2 N–H and O–H groups in total. The standard InChI is InChI=1S/C13H17FN4O/c1-3-6-18-11(8-16-17-18)13(15)9-4-5-10(14)12(7-9)19-2/h4-5,7-8,13H,3,6,15H2,1-2H3. The van der Waals surface area contributed by atoms with Crippen molar-refractivity contribution in [1.29, 1.82) is 0 Å². The van der Waals surface area contributed by atoms with Crippen LogP contribution in [0.4, 0.5) is 4.39 Å². The van der Waals surface area contributed by atoms with Gasteiger partial charge in [-0.2, -0.15) is 0 Å². The molecule has 0 bridgehead atoms. The summed E-state index contributed by atoms with van der Waals surface area (Å²) in [5, 5.41) is 7.87. The third kappa shape index (κ3) is 2.73. The number of nitrogens with zero attached hydrogens (tertiary/aromatic N) is 3.